The van der Waals surface area contributed by atoms with Gasteiger partial charge < -0.3 is 15.7 Å². The van der Waals surface area contributed by atoms with Gasteiger partial charge in [-0.25, -0.2) is 0 Å². The zero-order valence-corrected chi connectivity index (χ0v) is 10.9. The molecule has 0 saturated heterocycles. The van der Waals surface area contributed by atoms with E-state index < -0.39 is 0 Å². The molecule has 3 unspecified atom stereocenters. The first kappa shape index (κ1) is 12.5. The van der Waals surface area contributed by atoms with Crippen LogP contribution in [-0.2, 0) is 4.79 Å². The van der Waals surface area contributed by atoms with Crippen LogP contribution in [0.3, 0.4) is 0 Å². The maximum atomic E-state index is 12.4. The summed E-state index contributed by atoms with van der Waals surface area (Å²) in [7, 11) is 0. The molecule has 4 nitrogen and oxygen atoms in total. The fourth-order valence-corrected chi connectivity index (χ4v) is 3.08. The van der Waals surface area contributed by atoms with Gasteiger partial charge in [0.05, 0.1) is 18.1 Å². The van der Waals surface area contributed by atoms with E-state index in [9.17, 15) is 9.90 Å². The molecule has 3 rings (SSSR count). The summed E-state index contributed by atoms with van der Waals surface area (Å²) >= 11 is 0. The molecule has 1 saturated carbocycles. The molecule has 1 aliphatic carbocycles. The van der Waals surface area contributed by atoms with Crippen molar-refractivity contribution in [3.63, 3.8) is 0 Å². The van der Waals surface area contributed by atoms with Crippen molar-refractivity contribution in [3.8, 4) is 0 Å². The van der Waals surface area contributed by atoms with Crippen molar-refractivity contribution >= 4 is 11.6 Å². The van der Waals surface area contributed by atoms with E-state index in [1.165, 1.54) is 0 Å². The van der Waals surface area contributed by atoms with Gasteiger partial charge in [-0.3, -0.25) is 4.79 Å². The number of carbonyl (C=O) groups is 1. The highest BCUT2D eigenvalue weighted by atomic mass is 16.3. The molecule has 0 bridgehead atoms. The maximum Gasteiger partial charge on any atom is 0.229 e. The number of anilines is 1. The van der Waals surface area contributed by atoms with Crippen LogP contribution in [0.25, 0.3) is 0 Å². The van der Waals surface area contributed by atoms with Gasteiger partial charge in [0, 0.05) is 12.2 Å². The van der Waals surface area contributed by atoms with Crippen molar-refractivity contribution in [3.05, 3.63) is 29.8 Å². The first-order valence-electron chi connectivity index (χ1n) is 7.07. The van der Waals surface area contributed by atoms with Gasteiger partial charge in [0.1, 0.15) is 0 Å². The predicted molar refractivity (Wildman–Crippen MR) is 74.1 cm³/mol. The predicted octanol–water partition coefficient (Wildman–Crippen LogP) is 1.62. The molecule has 1 aliphatic heterocycles. The Morgan fingerprint density at radius 2 is 2.05 bits per heavy atom. The van der Waals surface area contributed by atoms with Gasteiger partial charge in [-0.1, -0.05) is 31.0 Å². The number of rotatable bonds is 2. The van der Waals surface area contributed by atoms with E-state index >= 15 is 0 Å². The zero-order chi connectivity index (χ0) is 13.2. The van der Waals surface area contributed by atoms with Crippen LogP contribution >= 0.6 is 0 Å². The van der Waals surface area contributed by atoms with E-state index in [4.69, 9.17) is 0 Å². The molecule has 1 aromatic carbocycles. The number of fused-ring (bicyclic) bond motifs is 1. The van der Waals surface area contributed by atoms with Gasteiger partial charge >= 0.3 is 0 Å². The number of amides is 1. The van der Waals surface area contributed by atoms with Crippen LogP contribution in [0.5, 0.6) is 0 Å². The summed E-state index contributed by atoms with van der Waals surface area (Å²) in [6, 6.07) is 7.85. The highest BCUT2D eigenvalue weighted by Crippen LogP contribution is 2.31. The van der Waals surface area contributed by atoms with Gasteiger partial charge in [0.15, 0.2) is 0 Å². The lowest BCUT2D eigenvalue weighted by Gasteiger charge is -2.29. The summed E-state index contributed by atoms with van der Waals surface area (Å²) in [6.07, 6.45) is 3.43. The Hall–Kier alpha value is -1.55. The summed E-state index contributed by atoms with van der Waals surface area (Å²) in [4.78, 5) is 12.4. The van der Waals surface area contributed by atoms with Gasteiger partial charge in [-0.05, 0) is 24.5 Å². The smallest absolute Gasteiger partial charge is 0.229 e. The van der Waals surface area contributed by atoms with E-state index in [-0.39, 0.29) is 24.0 Å². The van der Waals surface area contributed by atoms with E-state index in [2.05, 4.69) is 10.6 Å². The molecule has 4 heteroatoms. The molecular formula is C15H20N2O2. The highest BCUT2D eigenvalue weighted by Gasteiger charge is 2.31. The number of nitrogens with one attached hydrogen (secondary N) is 2. The van der Waals surface area contributed by atoms with Gasteiger partial charge in [-0.2, -0.15) is 0 Å². The second kappa shape index (κ2) is 5.21. The molecule has 0 spiro atoms. The van der Waals surface area contributed by atoms with Crippen LogP contribution in [0.2, 0.25) is 0 Å². The Morgan fingerprint density at radius 3 is 2.89 bits per heavy atom. The van der Waals surface area contributed by atoms with Crippen LogP contribution in [0.1, 0.15) is 37.2 Å². The lowest BCUT2D eigenvalue weighted by Crippen LogP contribution is -2.46. The van der Waals surface area contributed by atoms with Crippen LogP contribution in [0.15, 0.2) is 24.3 Å². The Balaban J connectivity index is 1.68. The Bertz CT molecular complexity index is 475. The summed E-state index contributed by atoms with van der Waals surface area (Å²) in [5, 5.41) is 16.2. The third-order valence-corrected chi connectivity index (χ3v) is 4.21. The summed E-state index contributed by atoms with van der Waals surface area (Å²) in [5.74, 6) is -0.103. The topological polar surface area (TPSA) is 61.4 Å². The maximum absolute atomic E-state index is 12.4. The van der Waals surface area contributed by atoms with E-state index in [1.54, 1.807) is 0 Å². The van der Waals surface area contributed by atoms with Crippen molar-refractivity contribution in [2.45, 2.75) is 43.7 Å². The monoisotopic (exact) mass is 260 g/mol. The molecule has 0 radical (unpaired) electrons. The van der Waals surface area contributed by atoms with Crippen LogP contribution in [-0.4, -0.2) is 29.7 Å². The SMILES string of the molecule is O=C(NC1CCCCC1O)C1CNc2ccccc21. The standard InChI is InChI=1S/C15H20N2O2/c18-14-8-4-3-7-13(14)17-15(19)11-9-16-12-6-2-1-5-10(11)12/h1-2,5-6,11,13-14,16,18H,3-4,7-9H2,(H,17,19). The molecular weight excluding hydrogens is 240 g/mol. The van der Waals surface area contributed by atoms with E-state index in [0.717, 1.165) is 36.9 Å². The number of aliphatic hydroxyl groups excluding tert-OH is 1. The molecule has 2 aliphatic rings. The lowest BCUT2D eigenvalue weighted by molar-refractivity contribution is -0.124. The third kappa shape index (κ3) is 2.45. The minimum Gasteiger partial charge on any atom is -0.391 e. The van der Waals surface area contributed by atoms with Gasteiger partial charge in [0.25, 0.3) is 0 Å². The molecule has 1 amide bonds. The molecule has 1 aromatic rings. The van der Waals surface area contributed by atoms with Crippen molar-refractivity contribution in [2.24, 2.45) is 0 Å². The zero-order valence-electron chi connectivity index (χ0n) is 10.9. The van der Waals surface area contributed by atoms with Crippen LogP contribution in [0, 0.1) is 0 Å². The van der Waals surface area contributed by atoms with Crippen molar-refractivity contribution in [1.29, 1.82) is 0 Å². The number of hydrogen-bond acceptors (Lipinski definition) is 3. The highest BCUT2D eigenvalue weighted by molar-refractivity contribution is 5.88. The fourth-order valence-electron chi connectivity index (χ4n) is 3.08. The summed E-state index contributed by atoms with van der Waals surface area (Å²) in [6.45, 7) is 0.647. The Kier molecular flexibility index (Phi) is 3.42. The first-order chi connectivity index (χ1) is 9.25. The quantitative estimate of drug-likeness (QED) is 0.757. The molecule has 3 N–H and O–H groups in total. The minimum absolute atomic E-state index is 0.0309. The largest absolute Gasteiger partial charge is 0.391 e. The molecule has 1 fully saturated rings. The van der Waals surface area contributed by atoms with Crippen LogP contribution in [0.4, 0.5) is 5.69 Å². The minimum atomic E-state index is -0.387. The number of hydrogen-bond donors (Lipinski definition) is 3. The van der Waals surface area contributed by atoms with E-state index in [1.807, 2.05) is 24.3 Å². The average Bonchev–Trinajstić information content (AvgIpc) is 2.85. The Labute approximate surface area is 113 Å². The second-order valence-electron chi connectivity index (χ2n) is 5.49. The summed E-state index contributed by atoms with van der Waals surface area (Å²) < 4.78 is 0. The number of benzene rings is 1. The molecule has 0 aromatic heterocycles. The molecule has 19 heavy (non-hydrogen) atoms. The molecule has 102 valence electrons. The fraction of sp³-hybridized carbons (Fsp3) is 0.533. The van der Waals surface area contributed by atoms with E-state index in [0.29, 0.717) is 6.54 Å². The van der Waals surface area contributed by atoms with Gasteiger partial charge in [0.2, 0.25) is 5.91 Å². The van der Waals surface area contributed by atoms with Crippen molar-refractivity contribution in [1.82, 2.24) is 5.32 Å². The average molecular weight is 260 g/mol. The second-order valence-corrected chi connectivity index (χ2v) is 5.49. The molecule has 1 heterocycles. The number of carbonyl (C=O) groups excluding carboxylic acids is 1. The first-order valence-corrected chi connectivity index (χ1v) is 7.07. The Morgan fingerprint density at radius 1 is 1.26 bits per heavy atom. The number of aliphatic hydroxyl groups is 1. The van der Waals surface area contributed by atoms with Crippen LogP contribution < -0.4 is 10.6 Å². The van der Waals surface area contributed by atoms with Crippen molar-refractivity contribution in [2.75, 3.05) is 11.9 Å². The van der Waals surface area contributed by atoms with Gasteiger partial charge in [-0.15, -0.1) is 0 Å². The third-order valence-electron chi connectivity index (χ3n) is 4.21. The normalized spacial score (nSPS) is 29.4. The summed E-state index contributed by atoms with van der Waals surface area (Å²) in [5.41, 5.74) is 2.11. The van der Waals surface area contributed by atoms with Crippen molar-refractivity contribution < 1.29 is 9.90 Å². The number of para-hydroxylation sites is 1. The lowest BCUT2D eigenvalue weighted by atomic mass is 9.91. The molecule has 3 atom stereocenters.